The fourth-order valence-electron chi connectivity index (χ4n) is 2.88. The van der Waals surface area contributed by atoms with Gasteiger partial charge in [0.15, 0.2) is 0 Å². The van der Waals surface area contributed by atoms with Crippen molar-refractivity contribution in [2.75, 3.05) is 13.1 Å². The van der Waals surface area contributed by atoms with E-state index in [0.717, 1.165) is 35.0 Å². The zero-order valence-corrected chi connectivity index (χ0v) is 14.3. The van der Waals surface area contributed by atoms with Crippen molar-refractivity contribution in [3.8, 4) is 0 Å². The Balaban J connectivity index is 0.00000200. The van der Waals surface area contributed by atoms with E-state index < -0.39 is 0 Å². The van der Waals surface area contributed by atoms with Gasteiger partial charge in [0.25, 0.3) is 5.91 Å². The molecule has 0 aromatic heterocycles. The van der Waals surface area contributed by atoms with Gasteiger partial charge in [-0.25, -0.2) is 0 Å². The molecule has 1 aromatic rings. The van der Waals surface area contributed by atoms with Crippen molar-refractivity contribution in [3.63, 3.8) is 0 Å². The standard InChI is InChI=1S/C15H21BrN2O.ClH/c1-10-4-3-7-18(14(10)9-17)15(19)13-6-5-12(16)8-11(13)2;/h5-6,8,10,14H,3-4,7,9,17H2,1-2H3;1H. The fraction of sp³-hybridized carbons (Fsp3) is 0.533. The maximum atomic E-state index is 12.7. The highest BCUT2D eigenvalue weighted by Gasteiger charge is 2.31. The number of benzene rings is 1. The van der Waals surface area contributed by atoms with Crippen LogP contribution in [-0.4, -0.2) is 29.9 Å². The van der Waals surface area contributed by atoms with Crippen molar-refractivity contribution < 1.29 is 4.79 Å². The number of likely N-dealkylation sites (tertiary alicyclic amines) is 1. The molecule has 2 N–H and O–H groups in total. The summed E-state index contributed by atoms with van der Waals surface area (Å²) in [4.78, 5) is 14.7. The van der Waals surface area contributed by atoms with Crippen molar-refractivity contribution in [1.29, 1.82) is 0 Å². The molecule has 0 spiro atoms. The maximum absolute atomic E-state index is 12.7. The molecule has 3 nitrogen and oxygen atoms in total. The van der Waals surface area contributed by atoms with Crippen LogP contribution in [0, 0.1) is 12.8 Å². The van der Waals surface area contributed by atoms with Gasteiger partial charge < -0.3 is 10.6 Å². The number of rotatable bonds is 2. The lowest BCUT2D eigenvalue weighted by Gasteiger charge is -2.39. The average Bonchev–Trinajstić information content (AvgIpc) is 2.37. The van der Waals surface area contributed by atoms with Crippen LogP contribution in [0.5, 0.6) is 0 Å². The van der Waals surface area contributed by atoms with Gasteiger partial charge in [0.1, 0.15) is 0 Å². The summed E-state index contributed by atoms with van der Waals surface area (Å²) in [7, 11) is 0. The summed E-state index contributed by atoms with van der Waals surface area (Å²) in [5.74, 6) is 0.602. The van der Waals surface area contributed by atoms with Crippen LogP contribution in [-0.2, 0) is 0 Å². The molecular weight excluding hydrogens is 340 g/mol. The number of amides is 1. The molecule has 1 aliphatic heterocycles. The molecule has 2 rings (SSSR count). The second kappa shape index (κ2) is 7.43. The van der Waals surface area contributed by atoms with E-state index in [1.165, 1.54) is 0 Å². The summed E-state index contributed by atoms with van der Waals surface area (Å²) in [5.41, 5.74) is 7.66. The zero-order valence-electron chi connectivity index (χ0n) is 11.9. The summed E-state index contributed by atoms with van der Waals surface area (Å²) in [6, 6.07) is 5.97. The molecule has 0 bridgehead atoms. The second-order valence-corrected chi connectivity index (χ2v) is 6.30. The Kier molecular flexibility index (Phi) is 6.49. The van der Waals surface area contributed by atoms with E-state index in [1.54, 1.807) is 0 Å². The summed E-state index contributed by atoms with van der Waals surface area (Å²) in [5, 5.41) is 0. The third-order valence-corrected chi connectivity index (χ3v) is 4.53. The van der Waals surface area contributed by atoms with Gasteiger partial charge in [-0.15, -0.1) is 12.4 Å². The highest BCUT2D eigenvalue weighted by molar-refractivity contribution is 9.10. The van der Waals surface area contributed by atoms with E-state index in [9.17, 15) is 4.79 Å². The van der Waals surface area contributed by atoms with Gasteiger partial charge in [0, 0.05) is 29.2 Å². The van der Waals surface area contributed by atoms with Crippen molar-refractivity contribution in [3.05, 3.63) is 33.8 Å². The van der Waals surface area contributed by atoms with Crippen LogP contribution in [0.1, 0.15) is 35.7 Å². The first-order valence-corrected chi connectivity index (χ1v) is 7.61. The molecule has 0 saturated carbocycles. The molecule has 1 saturated heterocycles. The number of hydrogen-bond donors (Lipinski definition) is 1. The summed E-state index contributed by atoms with van der Waals surface area (Å²) < 4.78 is 1.00. The van der Waals surface area contributed by atoms with Crippen molar-refractivity contribution >= 4 is 34.2 Å². The highest BCUT2D eigenvalue weighted by atomic mass is 79.9. The highest BCUT2D eigenvalue weighted by Crippen LogP contribution is 2.26. The third kappa shape index (κ3) is 3.54. The first-order valence-electron chi connectivity index (χ1n) is 6.81. The molecule has 0 radical (unpaired) electrons. The van der Waals surface area contributed by atoms with Gasteiger partial charge >= 0.3 is 0 Å². The number of halogens is 2. The Bertz CT molecular complexity index is 481. The van der Waals surface area contributed by atoms with E-state index in [2.05, 4.69) is 22.9 Å². The van der Waals surface area contributed by atoms with Crippen molar-refractivity contribution in [2.45, 2.75) is 32.7 Å². The quantitative estimate of drug-likeness (QED) is 0.878. The van der Waals surface area contributed by atoms with Crippen LogP contribution < -0.4 is 5.73 Å². The summed E-state index contributed by atoms with van der Waals surface area (Å²) >= 11 is 3.43. The van der Waals surface area contributed by atoms with Crippen LogP contribution >= 0.6 is 28.3 Å². The van der Waals surface area contributed by atoms with E-state index >= 15 is 0 Å². The Hall–Kier alpha value is -0.580. The lowest BCUT2D eigenvalue weighted by Crippen LogP contribution is -2.51. The number of carbonyl (C=O) groups is 1. The monoisotopic (exact) mass is 360 g/mol. The minimum atomic E-state index is 0. The number of carbonyl (C=O) groups excluding carboxylic acids is 1. The zero-order chi connectivity index (χ0) is 14.0. The molecule has 1 heterocycles. The van der Waals surface area contributed by atoms with E-state index in [0.29, 0.717) is 12.5 Å². The average molecular weight is 362 g/mol. The molecule has 2 unspecified atom stereocenters. The van der Waals surface area contributed by atoms with Crippen LogP contribution in [0.4, 0.5) is 0 Å². The van der Waals surface area contributed by atoms with E-state index in [-0.39, 0.29) is 24.4 Å². The Morgan fingerprint density at radius 1 is 1.50 bits per heavy atom. The molecule has 112 valence electrons. The number of aryl methyl sites for hydroxylation is 1. The maximum Gasteiger partial charge on any atom is 0.254 e. The largest absolute Gasteiger partial charge is 0.334 e. The molecular formula is C15H22BrClN2O. The minimum Gasteiger partial charge on any atom is -0.334 e. The van der Waals surface area contributed by atoms with Gasteiger partial charge in [0.05, 0.1) is 0 Å². The molecule has 2 atom stereocenters. The Labute approximate surface area is 135 Å². The van der Waals surface area contributed by atoms with Crippen LogP contribution in [0.25, 0.3) is 0 Å². The first-order chi connectivity index (χ1) is 9.04. The van der Waals surface area contributed by atoms with Crippen LogP contribution in [0.3, 0.4) is 0 Å². The lowest BCUT2D eigenvalue weighted by atomic mass is 9.90. The second-order valence-electron chi connectivity index (χ2n) is 5.38. The van der Waals surface area contributed by atoms with Gasteiger partial charge in [-0.2, -0.15) is 0 Å². The Morgan fingerprint density at radius 2 is 2.20 bits per heavy atom. The van der Waals surface area contributed by atoms with Crippen LogP contribution in [0.15, 0.2) is 22.7 Å². The first kappa shape index (κ1) is 17.5. The van der Waals surface area contributed by atoms with Gasteiger partial charge in [-0.1, -0.05) is 22.9 Å². The van der Waals surface area contributed by atoms with Gasteiger partial charge in [-0.05, 0) is 49.4 Å². The number of piperidine rings is 1. The predicted molar refractivity (Wildman–Crippen MR) is 88.4 cm³/mol. The van der Waals surface area contributed by atoms with Gasteiger partial charge in [-0.3, -0.25) is 4.79 Å². The molecule has 1 fully saturated rings. The van der Waals surface area contributed by atoms with E-state index in [1.807, 2.05) is 30.0 Å². The predicted octanol–water partition coefficient (Wildman–Crippen LogP) is 3.38. The third-order valence-electron chi connectivity index (χ3n) is 4.04. The number of nitrogens with two attached hydrogens (primary N) is 1. The molecule has 5 heteroatoms. The smallest absolute Gasteiger partial charge is 0.254 e. The minimum absolute atomic E-state index is 0. The summed E-state index contributed by atoms with van der Waals surface area (Å²) in [6.07, 6.45) is 2.23. The fourth-order valence-corrected chi connectivity index (χ4v) is 3.36. The number of hydrogen-bond acceptors (Lipinski definition) is 2. The normalized spacial score (nSPS) is 22.3. The molecule has 1 amide bonds. The van der Waals surface area contributed by atoms with Crippen molar-refractivity contribution in [2.24, 2.45) is 11.7 Å². The molecule has 1 aliphatic rings. The SMILES string of the molecule is Cc1cc(Br)ccc1C(=O)N1CCCC(C)C1CN.Cl. The van der Waals surface area contributed by atoms with Gasteiger partial charge in [0.2, 0.25) is 0 Å². The molecule has 0 aliphatic carbocycles. The molecule has 1 aromatic carbocycles. The topological polar surface area (TPSA) is 46.3 Å². The van der Waals surface area contributed by atoms with E-state index in [4.69, 9.17) is 5.73 Å². The summed E-state index contributed by atoms with van der Waals surface area (Å²) in [6.45, 7) is 5.53. The van der Waals surface area contributed by atoms with Crippen molar-refractivity contribution in [1.82, 2.24) is 4.90 Å². The van der Waals surface area contributed by atoms with Crippen LogP contribution in [0.2, 0.25) is 0 Å². The molecule has 20 heavy (non-hydrogen) atoms. The Morgan fingerprint density at radius 3 is 2.80 bits per heavy atom. The number of nitrogens with zero attached hydrogens (tertiary/aromatic N) is 1. The lowest BCUT2D eigenvalue weighted by molar-refractivity contribution is 0.0532.